The molecule has 1 atom stereocenters. The van der Waals surface area contributed by atoms with Gasteiger partial charge in [-0.3, -0.25) is 4.79 Å². The van der Waals surface area contributed by atoms with E-state index in [-0.39, 0.29) is 18.2 Å². The molecule has 1 aromatic rings. The molecule has 0 aliphatic heterocycles. The van der Waals surface area contributed by atoms with Gasteiger partial charge in [-0.15, -0.1) is 0 Å². The normalized spacial score (nSPS) is 12.9. The summed E-state index contributed by atoms with van der Waals surface area (Å²) in [6.45, 7) is 3.48. The van der Waals surface area contributed by atoms with Gasteiger partial charge in [0.05, 0.1) is 12.5 Å². The first-order chi connectivity index (χ1) is 8.48. The summed E-state index contributed by atoms with van der Waals surface area (Å²) in [7, 11) is 0. The van der Waals surface area contributed by atoms with E-state index < -0.39 is 6.11 Å². The molecule has 0 aromatic heterocycles. The Labute approximate surface area is 105 Å². The van der Waals surface area contributed by atoms with Gasteiger partial charge in [0.2, 0.25) is 6.41 Å². The third-order valence-electron chi connectivity index (χ3n) is 2.51. The Hall–Kier alpha value is -1.65. The van der Waals surface area contributed by atoms with Crippen LogP contribution in [0.1, 0.15) is 38.3 Å². The van der Waals surface area contributed by atoms with Gasteiger partial charge in [0.15, 0.2) is 0 Å². The minimum absolute atomic E-state index is 0.121. The van der Waals surface area contributed by atoms with Crippen LogP contribution in [0.25, 0.3) is 0 Å². The van der Waals surface area contributed by atoms with Gasteiger partial charge in [-0.05, 0) is 31.0 Å². The first kappa shape index (κ1) is 14.4. The number of alkyl halides is 2. The summed E-state index contributed by atoms with van der Waals surface area (Å²) >= 11 is 0. The van der Waals surface area contributed by atoms with Crippen LogP contribution in [0, 0.1) is 0 Å². The quantitative estimate of drug-likeness (QED) is 0.761. The summed E-state index contributed by atoms with van der Waals surface area (Å²) < 4.78 is 31.0. The van der Waals surface area contributed by atoms with Crippen molar-refractivity contribution < 1.29 is 18.3 Å². The SMILES string of the molecule is CCCC(F)(F)Oc1ccc(C(C)NC=O)cc1. The molecule has 0 spiro atoms. The molecule has 0 saturated carbocycles. The Morgan fingerprint density at radius 3 is 2.50 bits per heavy atom. The predicted octanol–water partition coefficient (Wildman–Crippen LogP) is 3.27. The zero-order chi connectivity index (χ0) is 13.6. The minimum Gasteiger partial charge on any atom is -0.433 e. The Bertz CT molecular complexity index is 379. The monoisotopic (exact) mass is 257 g/mol. The number of ether oxygens (including phenoxy) is 1. The second-order valence-electron chi connectivity index (χ2n) is 4.06. The van der Waals surface area contributed by atoms with Crippen molar-refractivity contribution in [1.29, 1.82) is 0 Å². The lowest BCUT2D eigenvalue weighted by Gasteiger charge is -2.18. The van der Waals surface area contributed by atoms with Crippen molar-refractivity contribution in [2.24, 2.45) is 0 Å². The summed E-state index contributed by atoms with van der Waals surface area (Å²) in [5, 5.41) is 2.58. The topological polar surface area (TPSA) is 38.3 Å². The Morgan fingerprint density at radius 2 is 2.00 bits per heavy atom. The van der Waals surface area contributed by atoms with Crippen LogP contribution in [-0.4, -0.2) is 12.5 Å². The van der Waals surface area contributed by atoms with E-state index in [0.717, 1.165) is 5.56 Å². The van der Waals surface area contributed by atoms with E-state index in [4.69, 9.17) is 0 Å². The standard InChI is InChI=1S/C13H17F2NO2/c1-3-8-13(14,15)18-12-6-4-11(5-7-12)10(2)16-9-17/h4-7,9-10H,3,8H2,1-2H3,(H,16,17). The van der Waals surface area contributed by atoms with E-state index in [1.54, 1.807) is 26.0 Å². The average Bonchev–Trinajstić information content (AvgIpc) is 2.29. The van der Waals surface area contributed by atoms with E-state index in [0.29, 0.717) is 12.8 Å². The molecule has 0 bridgehead atoms. The van der Waals surface area contributed by atoms with Gasteiger partial charge in [0.1, 0.15) is 5.75 Å². The van der Waals surface area contributed by atoms with Gasteiger partial charge in [-0.1, -0.05) is 19.1 Å². The minimum atomic E-state index is -3.14. The predicted molar refractivity (Wildman–Crippen MR) is 64.5 cm³/mol. The smallest absolute Gasteiger partial charge is 0.397 e. The van der Waals surface area contributed by atoms with Gasteiger partial charge in [-0.2, -0.15) is 8.78 Å². The van der Waals surface area contributed by atoms with Crippen molar-refractivity contribution >= 4 is 6.41 Å². The number of rotatable bonds is 7. The molecule has 1 aromatic carbocycles. The molecule has 1 N–H and O–H groups in total. The van der Waals surface area contributed by atoms with E-state index >= 15 is 0 Å². The fourth-order valence-electron chi connectivity index (χ4n) is 1.54. The summed E-state index contributed by atoms with van der Waals surface area (Å²) in [4.78, 5) is 10.3. The van der Waals surface area contributed by atoms with E-state index in [9.17, 15) is 13.6 Å². The molecule has 18 heavy (non-hydrogen) atoms. The van der Waals surface area contributed by atoms with Gasteiger partial charge < -0.3 is 10.1 Å². The highest BCUT2D eigenvalue weighted by Crippen LogP contribution is 2.26. The second-order valence-corrected chi connectivity index (χ2v) is 4.06. The third kappa shape index (κ3) is 4.31. The maximum absolute atomic E-state index is 13.2. The lowest BCUT2D eigenvalue weighted by atomic mass is 10.1. The molecule has 0 fully saturated rings. The molecule has 0 saturated heterocycles. The molecule has 1 amide bonds. The lowest BCUT2D eigenvalue weighted by Crippen LogP contribution is -2.24. The van der Waals surface area contributed by atoms with Crippen LogP contribution in [0.3, 0.4) is 0 Å². The summed E-state index contributed by atoms with van der Waals surface area (Å²) in [6.07, 6.45) is -2.49. The fourth-order valence-corrected chi connectivity index (χ4v) is 1.54. The molecule has 5 heteroatoms. The summed E-state index contributed by atoms with van der Waals surface area (Å²) in [6, 6.07) is 6.09. The molecule has 100 valence electrons. The molecule has 3 nitrogen and oxygen atoms in total. The summed E-state index contributed by atoms with van der Waals surface area (Å²) in [5.74, 6) is 0.121. The number of halogens is 2. The highest BCUT2D eigenvalue weighted by atomic mass is 19.3. The summed E-state index contributed by atoms with van der Waals surface area (Å²) in [5.41, 5.74) is 0.827. The average molecular weight is 257 g/mol. The van der Waals surface area contributed by atoms with Crippen LogP contribution >= 0.6 is 0 Å². The van der Waals surface area contributed by atoms with Crippen molar-refractivity contribution in [3.05, 3.63) is 29.8 Å². The zero-order valence-corrected chi connectivity index (χ0v) is 10.5. The number of hydrogen-bond acceptors (Lipinski definition) is 2. The Balaban J connectivity index is 2.68. The molecule has 0 radical (unpaired) electrons. The van der Waals surface area contributed by atoms with Crippen LogP contribution in [-0.2, 0) is 4.79 Å². The van der Waals surface area contributed by atoms with E-state index in [2.05, 4.69) is 10.1 Å². The second kappa shape index (κ2) is 6.33. The van der Waals surface area contributed by atoms with Crippen molar-refractivity contribution in [2.45, 2.75) is 38.8 Å². The number of nitrogens with one attached hydrogen (secondary N) is 1. The number of amides is 1. The number of carbonyl (C=O) groups excluding carboxylic acids is 1. The van der Waals surface area contributed by atoms with Crippen LogP contribution in [0.15, 0.2) is 24.3 Å². The number of carbonyl (C=O) groups is 1. The first-order valence-electron chi connectivity index (χ1n) is 5.85. The lowest BCUT2D eigenvalue weighted by molar-refractivity contribution is -0.180. The molecule has 1 unspecified atom stereocenters. The number of benzene rings is 1. The molecule has 0 aliphatic rings. The molecular formula is C13H17F2NO2. The van der Waals surface area contributed by atoms with E-state index in [1.165, 1.54) is 12.1 Å². The Kier molecular flexibility index (Phi) is 5.07. The molecule has 0 aliphatic carbocycles. The maximum Gasteiger partial charge on any atom is 0.397 e. The van der Waals surface area contributed by atoms with Crippen molar-refractivity contribution in [3.63, 3.8) is 0 Å². The molecule has 0 heterocycles. The van der Waals surface area contributed by atoms with Crippen LogP contribution in [0.5, 0.6) is 5.75 Å². The van der Waals surface area contributed by atoms with Crippen LogP contribution < -0.4 is 10.1 Å². The first-order valence-corrected chi connectivity index (χ1v) is 5.85. The highest BCUT2D eigenvalue weighted by molar-refractivity contribution is 5.47. The van der Waals surface area contributed by atoms with Gasteiger partial charge >= 0.3 is 6.11 Å². The zero-order valence-electron chi connectivity index (χ0n) is 10.5. The maximum atomic E-state index is 13.2. The Morgan fingerprint density at radius 1 is 1.39 bits per heavy atom. The number of hydrogen-bond donors (Lipinski definition) is 1. The fraction of sp³-hybridized carbons (Fsp3) is 0.462. The van der Waals surface area contributed by atoms with Crippen LogP contribution in [0.4, 0.5) is 8.78 Å². The van der Waals surface area contributed by atoms with Crippen molar-refractivity contribution in [3.8, 4) is 5.75 Å². The largest absolute Gasteiger partial charge is 0.433 e. The molecular weight excluding hydrogens is 240 g/mol. The highest BCUT2D eigenvalue weighted by Gasteiger charge is 2.29. The molecule has 1 rings (SSSR count). The van der Waals surface area contributed by atoms with Gasteiger partial charge in [0, 0.05) is 0 Å². The third-order valence-corrected chi connectivity index (χ3v) is 2.51. The van der Waals surface area contributed by atoms with E-state index in [1.807, 2.05) is 0 Å². The van der Waals surface area contributed by atoms with Gasteiger partial charge in [0.25, 0.3) is 0 Å². The van der Waals surface area contributed by atoms with Gasteiger partial charge in [-0.25, -0.2) is 0 Å². The van der Waals surface area contributed by atoms with Crippen molar-refractivity contribution in [2.75, 3.05) is 0 Å². The van der Waals surface area contributed by atoms with Crippen molar-refractivity contribution in [1.82, 2.24) is 5.32 Å². The van der Waals surface area contributed by atoms with Crippen LogP contribution in [0.2, 0.25) is 0 Å².